The molecule has 1 aromatic carbocycles. The van der Waals surface area contributed by atoms with Gasteiger partial charge in [0.15, 0.2) is 0 Å². The molecule has 1 N–H and O–H groups in total. The number of hydrogen-bond donors (Lipinski definition) is 1. The molecule has 0 radical (unpaired) electrons. The lowest BCUT2D eigenvalue weighted by atomic mass is 10.2. The van der Waals surface area contributed by atoms with Gasteiger partial charge in [-0.15, -0.1) is 5.10 Å². The van der Waals surface area contributed by atoms with Crippen LogP contribution in [-0.2, 0) is 24.1 Å². The molecule has 2 aromatic heterocycles. The second-order valence-corrected chi connectivity index (χ2v) is 7.09. The van der Waals surface area contributed by atoms with Crippen molar-refractivity contribution in [2.75, 3.05) is 5.32 Å². The lowest BCUT2D eigenvalue weighted by Gasteiger charge is -2.05. The number of halogens is 5. The van der Waals surface area contributed by atoms with E-state index in [9.17, 15) is 28.1 Å². The summed E-state index contributed by atoms with van der Waals surface area (Å²) in [6, 6.07) is 4.89. The van der Waals surface area contributed by atoms with Gasteiger partial charge in [0.1, 0.15) is 18.6 Å². The van der Waals surface area contributed by atoms with Crippen LogP contribution < -0.4 is 5.32 Å². The van der Waals surface area contributed by atoms with Gasteiger partial charge in [0.2, 0.25) is 17.5 Å². The van der Waals surface area contributed by atoms with Gasteiger partial charge in [-0.2, -0.15) is 18.3 Å². The summed E-state index contributed by atoms with van der Waals surface area (Å²) in [5.74, 6) is -0.943. The summed E-state index contributed by atoms with van der Waals surface area (Å²) in [6.07, 6.45) is -3.73. The van der Waals surface area contributed by atoms with E-state index in [1.165, 1.54) is 11.0 Å². The van der Waals surface area contributed by atoms with Crippen LogP contribution in [-0.4, -0.2) is 35.4 Å². The van der Waals surface area contributed by atoms with E-state index in [4.69, 9.17) is 23.2 Å². The highest BCUT2D eigenvalue weighted by molar-refractivity contribution is 6.35. The highest BCUT2D eigenvalue weighted by atomic mass is 35.5. The Balaban J connectivity index is 1.71. The number of rotatable bonds is 6. The first-order chi connectivity index (χ1) is 14.5. The van der Waals surface area contributed by atoms with Crippen LogP contribution in [0.3, 0.4) is 0 Å². The quantitative estimate of drug-likeness (QED) is 0.426. The van der Waals surface area contributed by atoms with Crippen LogP contribution in [0.15, 0.2) is 24.5 Å². The molecule has 15 heteroatoms. The molecule has 0 spiro atoms. The van der Waals surface area contributed by atoms with Crippen LogP contribution in [0.1, 0.15) is 17.0 Å². The Bertz CT molecular complexity index is 1160. The summed E-state index contributed by atoms with van der Waals surface area (Å²) < 4.78 is 41.0. The summed E-state index contributed by atoms with van der Waals surface area (Å²) in [7, 11) is 0. The summed E-state index contributed by atoms with van der Waals surface area (Å²) in [5, 5.41) is 21.4. The van der Waals surface area contributed by atoms with Gasteiger partial charge in [-0.1, -0.05) is 29.3 Å². The minimum absolute atomic E-state index is 0.120. The van der Waals surface area contributed by atoms with Gasteiger partial charge in [0, 0.05) is 10.0 Å². The lowest BCUT2D eigenvalue weighted by molar-refractivity contribution is -0.388. The smallest absolute Gasteiger partial charge is 0.292 e. The summed E-state index contributed by atoms with van der Waals surface area (Å²) >= 11 is 11.9. The molecule has 31 heavy (non-hydrogen) atoms. The minimum atomic E-state index is -5.04. The molecule has 164 valence electrons. The number of carbonyl (C=O) groups excluding carboxylic acids is 1. The zero-order chi connectivity index (χ0) is 22.9. The second kappa shape index (κ2) is 8.51. The predicted octanol–water partition coefficient (Wildman–Crippen LogP) is 3.70. The number of amides is 1. The maximum absolute atomic E-state index is 13.0. The van der Waals surface area contributed by atoms with E-state index in [2.05, 4.69) is 20.5 Å². The molecule has 0 atom stereocenters. The topological polar surface area (TPSA) is 121 Å². The normalized spacial score (nSPS) is 11.5. The fourth-order valence-electron chi connectivity index (χ4n) is 2.65. The Morgan fingerprint density at radius 2 is 2.00 bits per heavy atom. The van der Waals surface area contributed by atoms with E-state index in [-0.39, 0.29) is 12.5 Å². The molecule has 0 fully saturated rings. The molecular formula is C16H12Cl2F3N7O3. The average Bonchev–Trinajstić information content (AvgIpc) is 3.21. The lowest BCUT2D eigenvalue weighted by Crippen LogP contribution is -2.21. The van der Waals surface area contributed by atoms with Crippen molar-refractivity contribution >= 4 is 40.7 Å². The third kappa shape index (κ3) is 5.11. The molecule has 0 saturated carbocycles. The Hall–Kier alpha value is -3.19. The SMILES string of the molecule is Cc1c([N+](=O)[O-])c(C(F)(F)F)nn1CC(=O)Nc1ncn(Cc2ccc(Cl)cc2Cl)n1. The standard InChI is InChI=1S/C16H12Cl2F3N7O3/c1-8-13(28(30)31)14(16(19,20)21)24-27(8)6-12(29)23-15-22-7-26(25-15)5-9-2-3-10(17)4-11(9)18/h2-4,7H,5-6H2,1H3,(H,23,25,29). The maximum Gasteiger partial charge on any atom is 0.442 e. The van der Waals surface area contributed by atoms with E-state index >= 15 is 0 Å². The van der Waals surface area contributed by atoms with Crippen molar-refractivity contribution in [2.45, 2.75) is 26.2 Å². The number of alkyl halides is 3. The maximum atomic E-state index is 13.0. The number of benzene rings is 1. The highest BCUT2D eigenvalue weighted by Crippen LogP contribution is 2.36. The molecule has 3 aromatic rings. The van der Waals surface area contributed by atoms with E-state index in [0.717, 1.165) is 6.92 Å². The van der Waals surface area contributed by atoms with Crippen molar-refractivity contribution in [1.82, 2.24) is 24.5 Å². The van der Waals surface area contributed by atoms with Gasteiger partial charge in [0.25, 0.3) is 0 Å². The number of carbonyl (C=O) groups is 1. The largest absolute Gasteiger partial charge is 0.442 e. The number of nitro groups is 1. The van der Waals surface area contributed by atoms with Gasteiger partial charge in [0.05, 0.1) is 11.5 Å². The number of nitrogens with zero attached hydrogens (tertiary/aromatic N) is 6. The van der Waals surface area contributed by atoms with Crippen LogP contribution >= 0.6 is 23.2 Å². The molecule has 0 aliphatic heterocycles. The summed E-state index contributed by atoms with van der Waals surface area (Å²) in [6.45, 7) is 0.578. The molecule has 10 nitrogen and oxygen atoms in total. The molecular weight excluding hydrogens is 466 g/mol. The first-order valence-corrected chi connectivity index (χ1v) is 9.13. The fraction of sp³-hybridized carbons (Fsp3) is 0.250. The van der Waals surface area contributed by atoms with Crippen molar-refractivity contribution in [1.29, 1.82) is 0 Å². The van der Waals surface area contributed by atoms with Gasteiger partial charge in [-0.25, -0.2) is 9.67 Å². The molecule has 0 saturated heterocycles. The second-order valence-electron chi connectivity index (χ2n) is 6.24. The van der Waals surface area contributed by atoms with Crippen molar-refractivity contribution in [2.24, 2.45) is 0 Å². The zero-order valence-electron chi connectivity index (χ0n) is 15.5. The minimum Gasteiger partial charge on any atom is -0.292 e. The van der Waals surface area contributed by atoms with Crippen molar-refractivity contribution in [3.05, 3.63) is 61.6 Å². The molecule has 0 bridgehead atoms. The Labute approximate surface area is 181 Å². The molecule has 1 amide bonds. The Morgan fingerprint density at radius 3 is 2.58 bits per heavy atom. The van der Waals surface area contributed by atoms with Crippen molar-refractivity contribution in [3.63, 3.8) is 0 Å². The first kappa shape index (κ1) is 22.5. The van der Waals surface area contributed by atoms with Crippen LogP contribution in [0.25, 0.3) is 0 Å². The number of nitrogens with one attached hydrogen (secondary N) is 1. The van der Waals surface area contributed by atoms with Gasteiger partial charge in [-0.3, -0.25) is 24.9 Å². The van der Waals surface area contributed by atoms with Gasteiger partial charge in [-0.05, 0) is 24.6 Å². The number of hydrogen-bond acceptors (Lipinski definition) is 6. The molecule has 2 heterocycles. The highest BCUT2D eigenvalue weighted by Gasteiger charge is 2.44. The van der Waals surface area contributed by atoms with Gasteiger partial charge < -0.3 is 0 Å². The fourth-order valence-corrected chi connectivity index (χ4v) is 3.12. The predicted molar refractivity (Wildman–Crippen MR) is 103 cm³/mol. The van der Waals surface area contributed by atoms with Crippen LogP contribution in [0.4, 0.5) is 24.8 Å². The van der Waals surface area contributed by atoms with Crippen molar-refractivity contribution in [3.8, 4) is 0 Å². The van der Waals surface area contributed by atoms with E-state index in [1.54, 1.807) is 18.2 Å². The molecule has 3 rings (SSSR count). The van der Waals surface area contributed by atoms with E-state index < -0.39 is 40.6 Å². The average molecular weight is 478 g/mol. The molecule has 0 aliphatic carbocycles. The summed E-state index contributed by atoms with van der Waals surface area (Å²) in [5.41, 5.74) is -2.61. The third-order valence-electron chi connectivity index (χ3n) is 4.05. The third-order valence-corrected chi connectivity index (χ3v) is 4.64. The molecule has 0 unspecified atom stereocenters. The molecule has 0 aliphatic rings. The number of anilines is 1. The Kier molecular flexibility index (Phi) is 6.18. The number of aromatic nitrogens is 5. The van der Waals surface area contributed by atoms with Crippen LogP contribution in [0.2, 0.25) is 10.0 Å². The van der Waals surface area contributed by atoms with Crippen LogP contribution in [0.5, 0.6) is 0 Å². The van der Waals surface area contributed by atoms with Crippen LogP contribution in [0, 0.1) is 17.0 Å². The first-order valence-electron chi connectivity index (χ1n) is 8.38. The van der Waals surface area contributed by atoms with E-state index in [0.29, 0.717) is 20.3 Å². The summed E-state index contributed by atoms with van der Waals surface area (Å²) in [4.78, 5) is 25.9. The van der Waals surface area contributed by atoms with Gasteiger partial charge >= 0.3 is 11.9 Å². The van der Waals surface area contributed by atoms with Crippen molar-refractivity contribution < 1.29 is 22.9 Å². The Morgan fingerprint density at radius 1 is 1.29 bits per heavy atom. The van der Waals surface area contributed by atoms with E-state index in [1.807, 2.05) is 0 Å². The monoisotopic (exact) mass is 477 g/mol. The zero-order valence-corrected chi connectivity index (χ0v) is 17.0.